The molecule has 1 aromatic heterocycles. The van der Waals surface area contributed by atoms with E-state index < -0.39 is 0 Å². The predicted molar refractivity (Wildman–Crippen MR) is 104 cm³/mol. The highest BCUT2D eigenvalue weighted by Gasteiger charge is 2.13. The summed E-state index contributed by atoms with van der Waals surface area (Å²) in [4.78, 5) is 18.8. The zero-order valence-electron chi connectivity index (χ0n) is 14.4. The Balaban J connectivity index is 2.10. The first-order chi connectivity index (χ1) is 12.0. The van der Waals surface area contributed by atoms with Gasteiger partial charge < -0.3 is 4.57 Å². The molecule has 128 valence electrons. The lowest BCUT2D eigenvalue weighted by Gasteiger charge is -2.07. The zero-order chi connectivity index (χ0) is 18.0. The minimum atomic E-state index is -0.213. The molecular formula is C20H19ClN2OS. The highest BCUT2D eigenvalue weighted by Crippen LogP contribution is 2.26. The summed E-state index contributed by atoms with van der Waals surface area (Å²) in [6.45, 7) is 6.82. The minimum Gasteiger partial charge on any atom is -0.316 e. The van der Waals surface area contributed by atoms with E-state index in [4.69, 9.17) is 11.6 Å². The third-order valence-corrected chi connectivity index (χ3v) is 5.22. The van der Waals surface area contributed by atoms with Crippen LogP contribution in [0.3, 0.4) is 0 Å². The van der Waals surface area contributed by atoms with E-state index >= 15 is 0 Å². The normalized spacial score (nSPS) is 11.8. The fraction of sp³-hybridized carbons (Fsp3) is 0.200. The number of aryl methyl sites for hydroxylation is 2. The molecule has 3 aromatic rings. The van der Waals surface area contributed by atoms with Crippen molar-refractivity contribution in [1.82, 2.24) is 4.57 Å². The number of halogens is 1. The third kappa shape index (κ3) is 3.75. The lowest BCUT2D eigenvalue weighted by Crippen LogP contribution is -2.17. The third-order valence-electron chi connectivity index (χ3n) is 3.97. The predicted octanol–water partition coefficient (Wildman–Crippen LogP) is 5.25. The van der Waals surface area contributed by atoms with Gasteiger partial charge in [0, 0.05) is 22.0 Å². The van der Waals surface area contributed by atoms with Gasteiger partial charge in [-0.3, -0.25) is 4.79 Å². The molecule has 0 fully saturated rings. The van der Waals surface area contributed by atoms with E-state index in [0.29, 0.717) is 10.6 Å². The first kappa shape index (κ1) is 17.6. The van der Waals surface area contributed by atoms with Crippen molar-refractivity contribution in [3.8, 4) is 11.3 Å². The van der Waals surface area contributed by atoms with Gasteiger partial charge in [-0.1, -0.05) is 41.4 Å². The van der Waals surface area contributed by atoms with Gasteiger partial charge in [0.05, 0.1) is 5.69 Å². The summed E-state index contributed by atoms with van der Waals surface area (Å²) in [7, 11) is 0. The molecule has 0 aliphatic carbocycles. The first-order valence-corrected chi connectivity index (χ1v) is 9.31. The monoisotopic (exact) mass is 370 g/mol. The quantitative estimate of drug-likeness (QED) is 0.620. The number of carbonyl (C=O) groups excluding carboxylic acids is 1. The van der Waals surface area contributed by atoms with Crippen LogP contribution in [0.2, 0.25) is 5.02 Å². The Kier molecular flexibility index (Phi) is 5.21. The van der Waals surface area contributed by atoms with Crippen LogP contribution in [0, 0.1) is 13.8 Å². The van der Waals surface area contributed by atoms with E-state index in [2.05, 4.69) is 23.4 Å². The molecule has 0 aliphatic heterocycles. The summed E-state index contributed by atoms with van der Waals surface area (Å²) >= 11 is 7.53. The van der Waals surface area contributed by atoms with Gasteiger partial charge in [-0.05, 0) is 50.6 Å². The molecule has 3 nitrogen and oxygen atoms in total. The standard InChI is InChI=1S/C20H19ClN2OS/c1-4-23-18(15-8-10-17(21)11-9-15)14(3)25-20(23)22-19(24)16-7-5-6-13(2)12-16/h5-12H,4H2,1-3H3. The van der Waals surface area contributed by atoms with E-state index in [1.54, 1.807) is 6.07 Å². The van der Waals surface area contributed by atoms with Gasteiger partial charge in [-0.2, -0.15) is 4.99 Å². The number of hydrogen-bond donors (Lipinski definition) is 0. The molecule has 0 atom stereocenters. The van der Waals surface area contributed by atoms with E-state index in [0.717, 1.165) is 33.0 Å². The number of benzene rings is 2. The molecule has 0 aliphatic rings. The second kappa shape index (κ2) is 7.38. The molecule has 2 aromatic carbocycles. The number of hydrogen-bond acceptors (Lipinski definition) is 2. The van der Waals surface area contributed by atoms with Crippen molar-refractivity contribution in [3.05, 3.63) is 74.4 Å². The summed E-state index contributed by atoms with van der Waals surface area (Å²) in [5.74, 6) is -0.213. The van der Waals surface area contributed by atoms with Gasteiger partial charge >= 0.3 is 0 Å². The summed E-state index contributed by atoms with van der Waals surface area (Å²) < 4.78 is 2.08. The fourth-order valence-corrected chi connectivity index (χ4v) is 3.98. The van der Waals surface area contributed by atoms with Gasteiger partial charge in [0.25, 0.3) is 5.91 Å². The summed E-state index contributed by atoms with van der Waals surface area (Å²) in [6.07, 6.45) is 0. The van der Waals surface area contributed by atoms with Crippen molar-refractivity contribution >= 4 is 28.8 Å². The van der Waals surface area contributed by atoms with Crippen LogP contribution in [0.1, 0.15) is 27.7 Å². The Hall–Kier alpha value is -2.17. The van der Waals surface area contributed by atoms with Crippen LogP contribution in [0.5, 0.6) is 0 Å². The van der Waals surface area contributed by atoms with E-state index in [1.807, 2.05) is 49.4 Å². The number of aromatic nitrogens is 1. The summed E-state index contributed by atoms with van der Waals surface area (Å²) in [6, 6.07) is 15.3. The van der Waals surface area contributed by atoms with Crippen molar-refractivity contribution in [3.63, 3.8) is 0 Å². The number of thiazole rings is 1. The van der Waals surface area contributed by atoms with Crippen LogP contribution in [-0.4, -0.2) is 10.5 Å². The Labute approximate surface area is 156 Å². The number of amides is 1. The second-order valence-electron chi connectivity index (χ2n) is 5.83. The lowest BCUT2D eigenvalue weighted by molar-refractivity contribution is 0.0997. The SMILES string of the molecule is CCn1c(-c2ccc(Cl)cc2)c(C)sc1=NC(=O)c1cccc(C)c1. The maximum Gasteiger partial charge on any atom is 0.279 e. The maximum absolute atomic E-state index is 12.5. The molecule has 1 heterocycles. The van der Waals surface area contributed by atoms with Crippen molar-refractivity contribution in [1.29, 1.82) is 0 Å². The highest BCUT2D eigenvalue weighted by atomic mass is 35.5. The summed E-state index contributed by atoms with van der Waals surface area (Å²) in [5.41, 5.74) is 3.82. The average Bonchev–Trinajstić information content (AvgIpc) is 2.90. The molecule has 0 N–H and O–H groups in total. The molecule has 1 amide bonds. The molecule has 0 radical (unpaired) electrons. The van der Waals surface area contributed by atoms with Gasteiger partial charge in [0.2, 0.25) is 0 Å². The molecule has 0 unspecified atom stereocenters. The fourth-order valence-electron chi connectivity index (χ4n) is 2.80. The van der Waals surface area contributed by atoms with Crippen LogP contribution in [-0.2, 0) is 6.54 Å². The number of rotatable bonds is 3. The Morgan fingerprint density at radius 2 is 1.88 bits per heavy atom. The number of nitrogens with zero attached hydrogens (tertiary/aromatic N) is 2. The maximum atomic E-state index is 12.5. The molecule has 0 saturated carbocycles. The molecule has 0 bridgehead atoms. The largest absolute Gasteiger partial charge is 0.316 e. The van der Waals surface area contributed by atoms with E-state index in [1.165, 1.54) is 11.3 Å². The molecule has 0 saturated heterocycles. The van der Waals surface area contributed by atoms with Crippen molar-refractivity contribution in [2.24, 2.45) is 4.99 Å². The zero-order valence-corrected chi connectivity index (χ0v) is 16.0. The van der Waals surface area contributed by atoms with Crippen LogP contribution >= 0.6 is 22.9 Å². The average molecular weight is 371 g/mol. The molecule has 5 heteroatoms. The van der Waals surface area contributed by atoms with Crippen LogP contribution in [0.15, 0.2) is 53.5 Å². The smallest absolute Gasteiger partial charge is 0.279 e. The van der Waals surface area contributed by atoms with Crippen LogP contribution < -0.4 is 4.80 Å². The van der Waals surface area contributed by atoms with E-state index in [-0.39, 0.29) is 5.91 Å². The lowest BCUT2D eigenvalue weighted by atomic mass is 10.1. The summed E-state index contributed by atoms with van der Waals surface area (Å²) in [5, 5.41) is 0.708. The molecule has 25 heavy (non-hydrogen) atoms. The van der Waals surface area contributed by atoms with Crippen LogP contribution in [0.4, 0.5) is 0 Å². The van der Waals surface area contributed by atoms with E-state index in [9.17, 15) is 4.79 Å². The Morgan fingerprint density at radius 3 is 2.52 bits per heavy atom. The number of carbonyl (C=O) groups is 1. The van der Waals surface area contributed by atoms with Gasteiger partial charge in [-0.15, -0.1) is 11.3 Å². The van der Waals surface area contributed by atoms with Crippen molar-refractivity contribution in [2.75, 3.05) is 0 Å². The Bertz CT molecular complexity index is 984. The van der Waals surface area contributed by atoms with Gasteiger partial charge in [0.15, 0.2) is 4.80 Å². The highest BCUT2D eigenvalue weighted by molar-refractivity contribution is 7.09. The van der Waals surface area contributed by atoms with Gasteiger partial charge in [-0.25, -0.2) is 0 Å². The van der Waals surface area contributed by atoms with Gasteiger partial charge in [0.1, 0.15) is 0 Å². The molecule has 3 rings (SSSR count). The topological polar surface area (TPSA) is 34.4 Å². The molecule has 0 spiro atoms. The minimum absolute atomic E-state index is 0.213. The van der Waals surface area contributed by atoms with Crippen LogP contribution in [0.25, 0.3) is 11.3 Å². The van der Waals surface area contributed by atoms with Crippen molar-refractivity contribution in [2.45, 2.75) is 27.3 Å². The Morgan fingerprint density at radius 1 is 1.16 bits per heavy atom. The van der Waals surface area contributed by atoms with Crippen molar-refractivity contribution < 1.29 is 4.79 Å². The molecular weight excluding hydrogens is 352 g/mol. The second-order valence-corrected chi connectivity index (χ2v) is 7.45. The first-order valence-electron chi connectivity index (χ1n) is 8.11.